The Kier molecular flexibility index (Phi) is 5.67. The number of hydrogen-bond donors (Lipinski definition) is 1. The van der Waals surface area contributed by atoms with Gasteiger partial charge in [-0.15, -0.1) is 11.3 Å². The van der Waals surface area contributed by atoms with E-state index < -0.39 is 0 Å². The van der Waals surface area contributed by atoms with E-state index in [0.29, 0.717) is 6.54 Å². The maximum Gasteiger partial charge on any atom is 0.229 e. The maximum absolute atomic E-state index is 12.7. The second-order valence-electron chi connectivity index (χ2n) is 8.93. The van der Waals surface area contributed by atoms with E-state index in [0.717, 1.165) is 32.4 Å². The zero-order valence-electron chi connectivity index (χ0n) is 18.3. The number of benzene rings is 2. The van der Waals surface area contributed by atoms with Crippen molar-refractivity contribution in [1.82, 2.24) is 9.88 Å². The monoisotopic (exact) mass is 433 g/mol. The van der Waals surface area contributed by atoms with Gasteiger partial charge in [0.1, 0.15) is 5.01 Å². The van der Waals surface area contributed by atoms with Crippen LogP contribution in [0.1, 0.15) is 32.1 Å². The molecule has 31 heavy (non-hydrogen) atoms. The fraction of sp³-hybridized carbons (Fsp3) is 0.320. The van der Waals surface area contributed by atoms with Crippen molar-refractivity contribution in [3.8, 4) is 21.8 Å². The highest BCUT2D eigenvalue weighted by Crippen LogP contribution is 2.34. The molecule has 0 radical (unpaired) electrons. The molecule has 3 aromatic rings. The number of nitrogens with zero attached hydrogens (tertiary/aromatic N) is 2. The largest absolute Gasteiger partial charge is 0.337 e. The first-order valence-corrected chi connectivity index (χ1v) is 11.3. The third-order valence-electron chi connectivity index (χ3n) is 5.55. The Labute approximate surface area is 187 Å². The lowest BCUT2D eigenvalue weighted by Gasteiger charge is -2.31. The Morgan fingerprint density at radius 2 is 1.74 bits per heavy atom. The summed E-state index contributed by atoms with van der Waals surface area (Å²) in [5.41, 5.74) is 3.55. The SMILES string of the molecule is Cc1sc(-c2ccccc2)nc1-c1ccc(NC(=O)C2CC(=O)N(C(C)(C)C)C2)cc1. The topological polar surface area (TPSA) is 62.3 Å². The molecule has 1 N–H and O–H groups in total. The van der Waals surface area contributed by atoms with E-state index in [-0.39, 0.29) is 29.7 Å². The van der Waals surface area contributed by atoms with E-state index in [2.05, 4.69) is 24.4 Å². The van der Waals surface area contributed by atoms with Crippen molar-refractivity contribution in [2.75, 3.05) is 11.9 Å². The summed E-state index contributed by atoms with van der Waals surface area (Å²) in [7, 11) is 0. The molecule has 5 nitrogen and oxygen atoms in total. The van der Waals surface area contributed by atoms with Crippen LogP contribution in [-0.2, 0) is 9.59 Å². The Hall–Kier alpha value is -2.99. The molecule has 0 spiro atoms. The molecule has 4 rings (SSSR count). The summed E-state index contributed by atoms with van der Waals surface area (Å²) in [5, 5.41) is 3.96. The van der Waals surface area contributed by atoms with Gasteiger partial charge in [0.2, 0.25) is 11.8 Å². The van der Waals surface area contributed by atoms with E-state index in [9.17, 15) is 9.59 Å². The molecule has 2 heterocycles. The third-order valence-corrected chi connectivity index (χ3v) is 6.57. The summed E-state index contributed by atoms with van der Waals surface area (Å²) in [6, 6.07) is 17.9. The van der Waals surface area contributed by atoms with Crippen LogP contribution in [0.2, 0.25) is 0 Å². The van der Waals surface area contributed by atoms with E-state index in [1.165, 1.54) is 0 Å². The molecule has 1 aliphatic rings. The predicted octanol–water partition coefficient (Wildman–Crippen LogP) is 5.37. The first kappa shape index (κ1) is 21.2. The van der Waals surface area contributed by atoms with Crippen LogP contribution in [0.5, 0.6) is 0 Å². The minimum Gasteiger partial charge on any atom is -0.337 e. The van der Waals surface area contributed by atoms with Crippen LogP contribution >= 0.6 is 11.3 Å². The highest BCUT2D eigenvalue weighted by atomic mass is 32.1. The third kappa shape index (κ3) is 4.54. The first-order valence-electron chi connectivity index (χ1n) is 10.5. The summed E-state index contributed by atoms with van der Waals surface area (Å²) in [5.74, 6) is -0.388. The Morgan fingerprint density at radius 3 is 2.35 bits per heavy atom. The number of aromatic nitrogens is 1. The van der Waals surface area contributed by atoms with Crippen molar-refractivity contribution in [3.05, 3.63) is 59.5 Å². The average molecular weight is 434 g/mol. The zero-order chi connectivity index (χ0) is 22.2. The van der Waals surface area contributed by atoms with Crippen molar-refractivity contribution >= 4 is 28.8 Å². The van der Waals surface area contributed by atoms with Gasteiger partial charge in [0.25, 0.3) is 0 Å². The summed E-state index contributed by atoms with van der Waals surface area (Å²) >= 11 is 1.68. The molecular weight excluding hydrogens is 406 g/mol. The highest BCUT2D eigenvalue weighted by Gasteiger charge is 2.39. The van der Waals surface area contributed by atoms with Gasteiger partial charge >= 0.3 is 0 Å². The van der Waals surface area contributed by atoms with Crippen molar-refractivity contribution in [3.63, 3.8) is 0 Å². The molecule has 0 aliphatic carbocycles. The number of carbonyl (C=O) groups excluding carboxylic acids is 2. The first-order chi connectivity index (χ1) is 14.7. The number of aryl methyl sites for hydroxylation is 1. The maximum atomic E-state index is 12.7. The van der Waals surface area contributed by atoms with Crippen LogP contribution < -0.4 is 5.32 Å². The Balaban J connectivity index is 1.45. The van der Waals surface area contributed by atoms with Gasteiger partial charge in [0.05, 0.1) is 11.6 Å². The van der Waals surface area contributed by atoms with Crippen LogP contribution in [0.3, 0.4) is 0 Å². The van der Waals surface area contributed by atoms with Gasteiger partial charge in [0, 0.05) is 40.2 Å². The van der Waals surface area contributed by atoms with Crippen LogP contribution in [0.15, 0.2) is 54.6 Å². The average Bonchev–Trinajstić information content (AvgIpc) is 3.32. The predicted molar refractivity (Wildman–Crippen MR) is 126 cm³/mol. The number of rotatable bonds is 4. The fourth-order valence-corrected chi connectivity index (χ4v) is 4.80. The number of thiazole rings is 1. The summed E-state index contributed by atoms with van der Waals surface area (Å²) in [4.78, 5) is 32.7. The molecule has 1 unspecified atom stereocenters. The molecule has 160 valence electrons. The van der Waals surface area contributed by atoms with Crippen LogP contribution in [0.4, 0.5) is 5.69 Å². The van der Waals surface area contributed by atoms with E-state index in [1.54, 1.807) is 16.2 Å². The van der Waals surface area contributed by atoms with Gasteiger partial charge in [-0.2, -0.15) is 0 Å². The molecule has 1 aromatic heterocycles. The highest BCUT2D eigenvalue weighted by molar-refractivity contribution is 7.15. The Bertz CT molecular complexity index is 1100. The lowest BCUT2D eigenvalue weighted by atomic mass is 10.1. The summed E-state index contributed by atoms with van der Waals surface area (Å²) < 4.78 is 0. The molecule has 1 fully saturated rings. The molecule has 1 saturated heterocycles. The van der Waals surface area contributed by atoms with Gasteiger partial charge in [0.15, 0.2) is 0 Å². The standard InChI is InChI=1S/C25H27N3O2S/c1-16-22(27-24(31-16)18-8-6-5-7-9-18)17-10-12-20(13-11-17)26-23(30)19-14-21(29)28(15-19)25(2,3)4/h5-13,19H,14-15H2,1-4H3,(H,26,30). The minimum atomic E-state index is -0.319. The number of amides is 2. The molecule has 1 aliphatic heterocycles. The number of anilines is 1. The minimum absolute atomic E-state index is 0.0382. The smallest absolute Gasteiger partial charge is 0.229 e. The van der Waals surface area contributed by atoms with Crippen molar-refractivity contribution < 1.29 is 9.59 Å². The number of likely N-dealkylation sites (tertiary alicyclic amines) is 1. The number of nitrogens with one attached hydrogen (secondary N) is 1. The number of carbonyl (C=O) groups is 2. The zero-order valence-corrected chi connectivity index (χ0v) is 19.1. The molecule has 1 atom stereocenters. The van der Waals surface area contributed by atoms with Crippen molar-refractivity contribution in [2.45, 2.75) is 39.7 Å². The van der Waals surface area contributed by atoms with Gasteiger partial charge in [-0.3, -0.25) is 9.59 Å². The second kappa shape index (κ2) is 8.27. The van der Waals surface area contributed by atoms with Gasteiger partial charge < -0.3 is 10.2 Å². The quantitative estimate of drug-likeness (QED) is 0.602. The molecule has 2 amide bonds. The van der Waals surface area contributed by atoms with Crippen molar-refractivity contribution in [2.24, 2.45) is 5.92 Å². The van der Waals surface area contributed by atoms with Gasteiger partial charge in [-0.1, -0.05) is 42.5 Å². The van der Waals surface area contributed by atoms with Gasteiger partial charge in [-0.25, -0.2) is 4.98 Å². The Morgan fingerprint density at radius 1 is 1.06 bits per heavy atom. The lowest BCUT2D eigenvalue weighted by Crippen LogP contribution is -2.42. The van der Waals surface area contributed by atoms with Crippen LogP contribution in [0, 0.1) is 12.8 Å². The second-order valence-corrected chi connectivity index (χ2v) is 10.1. The van der Waals surface area contributed by atoms with Crippen molar-refractivity contribution in [1.29, 1.82) is 0 Å². The fourth-order valence-electron chi connectivity index (χ4n) is 3.86. The van der Waals surface area contributed by atoms with E-state index >= 15 is 0 Å². The van der Waals surface area contributed by atoms with Gasteiger partial charge in [-0.05, 0) is 39.8 Å². The summed E-state index contributed by atoms with van der Waals surface area (Å²) in [6.45, 7) is 8.52. The molecular formula is C25H27N3O2S. The van der Waals surface area contributed by atoms with Crippen LogP contribution in [0.25, 0.3) is 21.8 Å². The normalized spacial score (nSPS) is 16.6. The van der Waals surface area contributed by atoms with Crippen LogP contribution in [-0.4, -0.2) is 33.8 Å². The van der Waals surface area contributed by atoms with E-state index in [1.807, 2.05) is 63.2 Å². The number of hydrogen-bond acceptors (Lipinski definition) is 4. The van der Waals surface area contributed by atoms with E-state index in [4.69, 9.17) is 4.98 Å². The molecule has 2 aromatic carbocycles. The summed E-state index contributed by atoms with van der Waals surface area (Å²) in [6.07, 6.45) is 0.265. The molecule has 0 saturated carbocycles. The molecule has 0 bridgehead atoms. The lowest BCUT2D eigenvalue weighted by molar-refractivity contribution is -0.131. The molecule has 6 heteroatoms.